The number of likely N-dealkylation sites (tertiary alicyclic amines) is 1. The Morgan fingerprint density at radius 3 is 2.59 bits per heavy atom. The van der Waals surface area contributed by atoms with Gasteiger partial charge in [-0.1, -0.05) is 29.4 Å². The third kappa shape index (κ3) is 4.19. The predicted molar refractivity (Wildman–Crippen MR) is 119 cm³/mol. The molecule has 2 aliphatic carbocycles. The maximum absolute atomic E-state index is 14.9. The first kappa shape index (κ1) is 22.9. The lowest BCUT2D eigenvalue weighted by Gasteiger charge is -2.53. The molecular weight excluding hydrogens is 415 g/mol. The molecule has 4 aliphatic rings. The highest BCUT2D eigenvalue weighted by molar-refractivity contribution is 5.98. The third-order valence-corrected chi connectivity index (χ3v) is 6.90. The van der Waals surface area contributed by atoms with E-state index in [1.807, 2.05) is 6.92 Å². The predicted octanol–water partition coefficient (Wildman–Crippen LogP) is 4.36. The number of alkyl halides is 2. The molecule has 1 amide bonds. The summed E-state index contributed by atoms with van der Waals surface area (Å²) < 4.78 is 43.5. The molecule has 2 fully saturated rings. The fraction of sp³-hybridized carbons (Fsp3) is 0.520. The van der Waals surface area contributed by atoms with E-state index in [9.17, 15) is 18.0 Å². The van der Waals surface area contributed by atoms with Gasteiger partial charge in [0.05, 0.1) is 17.0 Å². The molecule has 0 aromatic rings. The normalized spacial score (nSPS) is 28.8. The SMILES string of the molecule is C/C=C(C(=O)N1CC(C2=C[CH]2)([C@H]2CCCN2)C1)\C(NC1=CC=C(C)CC1F)=C(\F)C(C)F. The van der Waals surface area contributed by atoms with Crippen molar-refractivity contribution in [3.8, 4) is 0 Å². The smallest absolute Gasteiger partial charge is 0.255 e. The molecule has 4 nitrogen and oxygen atoms in total. The Bertz CT molecular complexity index is 932. The van der Waals surface area contributed by atoms with E-state index < -0.39 is 18.2 Å². The molecule has 2 heterocycles. The number of allylic oxidation sites excluding steroid dienone is 7. The van der Waals surface area contributed by atoms with Crippen molar-refractivity contribution in [2.45, 2.75) is 58.4 Å². The minimum absolute atomic E-state index is 0.0214. The van der Waals surface area contributed by atoms with Crippen molar-refractivity contribution < 1.29 is 18.0 Å². The Hall–Kier alpha value is -2.28. The molecule has 0 spiro atoms. The largest absolute Gasteiger partial charge is 0.354 e. The summed E-state index contributed by atoms with van der Waals surface area (Å²) in [6.07, 6.45) is 7.95. The fourth-order valence-electron chi connectivity index (χ4n) is 4.97. The highest BCUT2D eigenvalue weighted by Gasteiger charge is 2.55. The average Bonchev–Trinajstić information content (AvgIpc) is 3.42. The topological polar surface area (TPSA) is 44.4 Å². The summed E-state index contributed by atoms with van der Waals surface area (Å²) in [5.41, 5.74) is 1.87. The van der Waals surface area contributed by atoms with Crippen LogP contribution >= 0.6 is 0 Å². The molecular formula is C25H31F3N3O. The molecule has 2 saturated heterocycles. The number of rotatable bonds is 7. The lowest BCUT2D eigenvalue weighted by atomic mass is 9.70. The summed E-state index contributed by atoms with van der Waals surface area (Å²) in [6.45, 7) is 6.51. The Kier molecular flexibility index (Phi) is 6.39. The number of nitrogens with zero attached hydrogens (tertiary/aromatic N) is 1. The molecule has 0 aromatic heterocycles. The Morgan fingerprint density at radius 2 is 2.06 bits per heavy atom. The minimum atomic E-state index is -1.93. The number of nitrogens with one attached hydrogen (secondary N) is 2. The van der Waals surface area contributed by atoms with Crippen molar-refractivity contribution in [3.05, 3.63) is 64.7 Å². The van der Waals surface area contributed by atoms with Crippen molar-refractivity contribution >= 4 is 5.91 Å². The van der Waals surface area contributed by atoms with E-state index in [2.05, 4.69) is 23.1 Å². The van der Waals surface area contributed by atoms with Crippen LogP contribution in [0.25, 0.3) is 0 Å². The van der Waals surface area contributed by atoms with Gasteiger partial charge >= 0.3 is 0 Å². The summed E-state index contributed by atoms with van der Waals surface area (Å²) in [5.74, 6) is -1.48. The zero-order valence-electron chi connectivity index (χ0n) is 18.9. The van der Waals surface area contributed by atoms with Crippen LogP contribution in [0, 0.1) is 11.8 Å². The van der Waals surface area contributed by atoms with Crippen LogP contribution in [0.1, 0.15) is 40.0 Å². The van der Waals surface area contributed by atoms with Gasteiger partial charge < -0.3 is 15.5 Å². The maximum Gasteiger partial charge on any atom is 0.255 e. The van der Waals surface area contributed by atoms with Crippen LogP contribution in [-0.4, -0.2) is 48.8 Å². The van der Waals surface area contributed by atoms with Gasteiger partial charge in [-0.3, -0.25) is 4.79 Å². The first-order chi connectivity index (χ1) is 15.3. The molecule has 2 unspecified atom stereocenters. The molecule has 7 heteroatoms. The third-order valence-electron chi connectivity index (χ3n) is 6.90. The van der Waals surface area contributed by atoms with Gasteiger partial charge in [-0.25, -0.2) is 13.2 Å². The monoisotopic (exact) mass is 446 g/mol. The van der Waals surface area contributed by atoms with Gasteiger partial charge in [0.15, 0.2) is 12.0 Å². The highest BCUT2D eigenvalue weighted by atomic mass is 19.2. The van der Waals surface area contributed by atoms with Crippen LogP contribution in [0.15, 0.2) is 58.2 Å². The van der Waals surface area contributed by atoms with Gasteiger partial charge in [-0.05, 0) is 46.2 Å². The van der Waals surface area contributed by atoms with Gasteiger partial charge in [0.1, 0.15) is 6.17 Å². The minimum Gasteiger partial charge on any atom is -0.354 e. The van der Waals surface area contributed by atoms with Gasteiger partial charge in [0, 0.05) is 37.4 Å². The zero-order valence-corrected chi connectivity index (χ0v) is 18.9. The molecule has 2 aliphatic heterocycles. The number of carbonyl (C=O) groups is 1. The van der Waals surface area contributed by atoms with Gasteiger partial charge in [-0.15, -0.1) is 0 Å². The molecule has 3 atom stereocenters. The Morgan fingerprint density at radius 1 is 1.34 bits per heavy atom. The van der Waals surface area contributed by atoms with E-state index >= 15 is 0 Å². The summed E-state index contributed by atoms with van der Waals surface area (Å²) in [6, 6.07) is 0.316. The number of carbonyl (C=O) groups excluding carboxylic acids is 1. The van der Waals surface area contributed by atoms with Crippen molar-refractivity contribution in [3.63, 3.8) is 0 Å². The zero-order chi connectivity index (χ0) is 23.0. The van der Waals surface area contributed by atoms with Crippen molar-refractivity contribution in [1.82, 2.24) is 15.5 Å². The van der Waals surface area contributed by atoms with Crippen molar-refractivity contribution in [2.75, 3.05) is 19.6 Å². The van der Waals surface area contributed by atoms with E-state index in [1.54, 1.807) is 17.9 Å². The second-order valence-electron chi connectivity index (χ2n) is 9.23. The van der Waals surface area contributed by atoms with E-state index in [0.29, 0.717) is 19.1 Å². The van der Waals surface area contributed by atoms with E-state index in [1.165, 1.54) is 17.7 Å². The van der Waals surface area contributed by atoms with Gasteiger partial charge in [-0.2, -0.15) is 0 Å². The molecule has 0 saturated carbocycles. The number of amides is 1. The second-order valence-corrected chi connectivity index (χ2v) is 9.23. The maximum atomic E-state index is 14.9. The average molecular weight is 447 g/mol. The number of halogens is 3. The molecule has 32 heavy (non-hydrogen) atoms. The van der Waals surface area contributed by atoms with E-state index in [0.717, 1.165) is 31.9 Å². The summed E-state index contributed by atoms with van der Waals surface area (Å²) in [4.78, 5) is 15.0. The highest BCUT2D eigenvalue weighted by Crippen LogP contribution is 2.50. The quantitative estimate of drug-likeness (QED) is 0.451. The molecule has 0 aromatic carbocycles. The van der Waals surface area contributed by atoms with Crippen molar-refractivity contribution in [1.29, 1.82) is 0 Å². The van der Waals surface area contributed by atoms with Crippen molar-refractivity contribution in [2.24, 2.45) is 5.41 Å². The molecule has 1 radical (unpaired) electrons. The molecule has 173 valence electrons. The van der Waals surface area contributed by atoms with E-state index in [4.69, 9.17) is 0 Å². The first-order valence-electron chi connectivity index (χ1n) is 11.3. The first-order valence-corrected chi connectivity index (χ1v) is 11.3. The van der Waals surface area contributed by atoms with Crippen LogP contribution in [0.4, 0.5) is 13.2 Å². The second kappa shape index (κ2) is 8.93. The van der Waals surface area contributed by atoms with Gasteiger partial charge in [0.2, 0.25) is 0 Å². The standard InChI is InChI=1S/C25H31F3N3O/c1-4-18(23(22(28)16(3)26)30-20-10-7-15(2)12-19(20)27)24(32)31-13-25(14-31,17-8-9-17)21-6-5-11-29-21/h4,7-10,16,19,21,29-30H,5-6,11-14H2,1-3H3/b18-4+,23-22-/t16?,19?,21-/m1/s1. The van der Waals surface area contributed by atoms with Crippen LogP contribution < -0.4 is 10.6 Å². The van der Waals surface area contributed by atoms with Crippen LogP contribution in [0.5, 0.6) is 0 Å². The Balaban J connectivity index is 1.55. The molecule has 2 N–H and O–H groups in total. The lowest BCUT2D eigenvalue weighted by Crippen LogP contribution is -2.65. The fourth-order valence-corrected chi connectivity index (χ4v) is 4.97. The summed E-state index contributed by atoms with van der Waals surface area (Å²) in [5, 5.41) is 6.26. The summed E-state index contributed by atoms with van der Waals surface area (Å²) in [7, 11) is 0. The van der Waals surface area contributed by atoms with E-state index in [-0.39, 0.29) is 34.7 Å². The molecule has 4 rings (SSSR count). The number of hydrogen-bond donors (Lipinski definition) is 2. The Labute approximate surface area is 188 Å². The lowest BCUT2D eigenvalue weighted by molar-refractivity contribution is -0.137. The van der Waals surface area contributed by atoms with Crippen LogP contribution in [-0.2, 0) is 4.79 Å². The van der Waals surface area contributed by atoms with Crippen LogP contribution in [0.3, 0.4) is 0 Å². The molecule has 0 bridgehead atoms. The van der Waals surface area contributed by atoms with Gasteiger partial charge in [0.25, 0.3) is 5.91 Å². The van der Waals surface area contributed by atoms with Crippen LogP contribution in [0.2, 0.25) is 0 Å². The summed E-state index contributed by atoms with van der Waals surface area (Å²) >= 11 is 0. The number of hydrogen-bond acceptors (Lipinski definition) is 3.